The van der Waals surface area contributed by atoms with Crippen LogP contribution in [0.1, 0.15) is 17.7 Å². The van der Waals surface area contributed by atoms with E-state index in [9.17, 15) is 14.9 Å². The number of methoxy groups -OCH3 is 1. The van der Waals surface area contributed by atoms with Crippen LogP contribution in [-0.4, -0.2) is 29.7 Å². The van der Waals surface area contributed by atoms with Crippen LogP contribution in [0.2, 0.25) is 0 Å². The number of pyridine rings is 1. The van der Waals surface area contributed by atoms with Crippen LogP contribution in [0.3, 0.4) is 0 Å². The van der Waals surface area contributed by atoms with Crippen molar-refractivity contribution in [3.05, 3.63) is 69.9 Å². The maximum absolute atomic E-state index is 11.6. The molecule has 0 aliphatic heterocycles. The molecular weight excluding hydrogens is 338 g/mol. The zero-order valence-corrected chi connectivity index (χ0v) is 14.3. The summed E-state index contributed by atoms with van der Waals surface area (Å²) in [5.41, 5.74) is 0.984. The van der Waals surface area contributed by atoms with Crippen LogP contribution in [0.15, 0.2) is 48.5 Å². The number of amides is 1. The molecule has 0 unspecified atom stereocenters. The van der Waals surface area contributed by atoms with Gasteiger partial charge in [-0.05, 0) is 18.1 Å². The number of nitrogens with one attached hydrogen (secondary N) is 1. The molecule has 0 aliphatic rings. The lowest BCUT2D eigenvalue weighted by atomic mass is 10.2. The molecule has 0 radical (unpaired) electrons. The molecule has 26 heavy (non-hydrogen) atoms. The van der Waals surface area contributed by atoms with Gasteiger partial charge in [0.2, 0.25) is 5.88 Å². The molecule has 0 fully saturated rings. The zero-order chi connectivity index (χ0) is 18.8. The van der Waals surface area contributed by atoms with E-state index in [4.69, 9.17) is 9.47 Å². The topological polar surface area (TPSA) is 104 Å². The lowest BCUT2D eigenvalue weighted by Gasteiger charge is -2.06. The summed E-state index contributed by atoms with van der Waals surface area (Å²) in [7, 11) is 1.44. The number of nitrogens with zero attached hydrogens (tertiary/aromatic N) is 2. The molecule has 0 bridgehead atoms. The third-order valence-corrected chi connectivity index (χ3v) is 3.35. The van der Waals surface area contributed by atoms with E-state index in [1.807, 2.05) is 30.3 Å². The molecule has 1 N–H and O–H groups in total. The van der Waals surface area contributed by atoms with Crippen molar-refractivity contribution >= 4 is 17.9 Å². The maximum Gasteiger partial charge on any atom is 0.407 e. The number of benzene rings is 1. The van der Waals surface area contributed by atoms with Crippen LogP contribution in [-0.2, 0) is 11.3 Å². The van der Waals surface area contributed by atoms with Gasteiger partial charge in [-0.2, -0.15) is 0 Å². The fourth-order valence-electron chi connectivity index (χ4n) is 2.07. The van der Waals surface area contributed by atoms with E-state index in [-0.39, 0.29) is 23.9 Å². The van der Waals surface area contributed by atoms with Crippen LogP contribution in [0.25, 0.3) is 6.08 Å². The normalized spacial score (nSPS) is 10.5. The molecule has 1 amide bonds. The number of nitro groups is 1. The highest BCUT2D eigenvalue weighted by atomic mass is 16.6. The van der Waals surface area contributed by atoms with E-state index in [0.717, 1.165) is 5.56 Å². The van der Waals surface area contributed by atoms with Crippen molar-refractivity contribution in [1.29, 1.82) is 0 Å². The van der Waals surface area contributed by atoms with Gasteiger partial charge < -0.3 is 14.8 Å². The van der Waals surface area contributed by atoms with E-state index < -0.39 is 11.0 Å². The molecule has 1 aromatic heterocycles. The fourth-order valence-corrected chi connectivity index (χ4v) is 2.07. The monoisotopic (exact) mass is 357 g/mol. The third-order valence-electron chi connectivity index (χ3n) is 3.35. The molecular formula is C18H19N3O5. The largest absolute Gasteiger partial charge is 0.481 e. The Morgan fingerprint density at radius 1 is 1.27 bits per heavy atom. The Balaban J connectivity index is 1.78. The Kier molecular flexibility index (Phi) is 7.11. The Morgan fingerprint density at radius 3 is 2.73 bits per heavy atom. The minimum absolute atomic E-state index is 0.114. The highest BCUT2D eigenvalue weighted by Crippen LogP contribution is 2.21. The van der Waals surface area contributed by atoms with Crippen LogP contribution >= 0.6 is 0 Å². The van der Waals surface area contributed by atoms with Crippen LogP contribution in [0.5, 0.6) is 5.88 Å². The minimum Gasteiger partial charge on any atom is -0.481 e. The summed E-state index contributed by atoms with van der Waals surface area (Å²) >= 11 is 0. The minimum atomic E-state index is -0.521. The highest BCUT2D eigenvalue weighted by Gasteiger charge is 2.13. The van der Waals surface area contributed by atoms with Gasteiger partial charge in [-0.1, -0.05) is 36.4 Å². The van der Waals surface area contributed by atoms with Gasteiger partial charge in [-0.15, -0.1) is 0 Å². The van der Waals surface area contributed by atoms with Gasteiger partial charge in [0.05, 0.1) is 12.0 Å². The lowest BCUT2D eigenvalue weighted by molar-refractivity contribution is -0.385. The Bertz CT molecular complexity index is 778. The summed E-state index contributed by atoms with van der Waals surface area (Å²) in [5, 5.41) is 13.6. The van der Waals surface area contributed by atoms with Crippen molar-refractivity contribution in [2.45, 2.75) is 13.0 Å². The molecule has 0 atom stereocenters. The smallest absolute Gasteiger partial charge is 0.407 e. The number of carbonyl (C=O) groups excluding carboxylic acids is 1. The molecule has 8 heteroatoms. The van der Waals surface area contributed by atoms with Crippen molar-refractivity contribution in [3.8, 4) is 5.88 Å². The van der Waals surface area contributed by atoms with Gasteiger partial charge in [-0.25, -0.2) is 9.78 Å². The molecule has 0 spiro atoms. The third kappa shape index (κ3) is 5.90. The average molecular weight is 357 g/mol. The molecule has 8 nitrogen and oxygen atoms in total. The van der Waals surface area contributed by atoms with Gasteiger partial charge in [0.25, 0.3) is 5.69 Å². The van der Waals surface area contributed by atoms with Crippen molar-refractivity contribution in [2.24, 2.45) is 0 Å². The summed E-state index contributed by atoms with van der Waals surface area (Å²) in [6.45, 7) is 0.532. The van der Waals surface area contributed by atoms with Crippen LogP contribution < -0.4 is 10.1 Å². The van der Waals surface area contributed by atoms with E-state index in [0.29, 0.717) is 13.0 Å². The summed E-state index contributed by atoms with van der Waals surface area (Å²) in [6, 6.07) is 12.1. The quantitative estimate of drug-likeness (QED) is 0.441. The molecule has 2 rings (SSSR count). The first-order chi connectivity index (χ1) is 12.6. The Morgan fingerprint density at radius 2 is 2.04 bits per heavy atom. The van der Waals surface area contributed by atoms with E-state index in [2.05, 4.69) is 10.3 Å². The molecule has 1 heterocycles. The highest BCUT2D eigenvalue weighted by molar-refractivity contribution is 5.67. The van der Waals surface area contributed by atoms with Crippen molar-refractivity contribution < 1.29 is 19.2 Å². The zero-order valence-electron chi connectivity index (χ0n) is 14.3. The van der Waals surface area contributed by atoms with Gasteiger partial charge >= 0.3 is 6.09 Å². The second kappa shape index (κ2) is 9.77. The number of ether oxygens (including phenoxy) is 2. The summed E-state index contributed by atoms with van der Waals surface area (Å²) in [5.74, 6) is 0.290. The van der Waals surface area contributed by atoms with Crippen molar-refractivity contribution in [1.82, 2.24) is 10.3 Å². The maximum atomic E-state index is 11.6. The lowest BCUT2D eigenvalue weighted by Crippen LogP contribution is -2.24. The molecule has 136 valence electrons. The van der Waals surface area contributed by atoms with Crippen molar-refractivity contribution in [3.63, 3.8) is 0 Å². The summed E-state index contributed by atoms with van der Waals surface area (Å²) < 4.78 is 10.1. The first-order valence-corrected chi connectivity index (χ1v) is 7.90. The second-order valence-electron chi connectivity index (χ2n) is 5.19. The molecule has 0 saturated carbocycles. The molecule has 0 aliphatic carbocycles. The van der Waals surface area contributed by atoms with Gasteiger partial charge in [0.15, 0.2) is 0 Å². The molecule has 0 saturated heterocycles. The number of hydrogen-bond donors (Lipinski definition) is 1. The van der Waals surface area contributed by atoms with E-state index in [1.54, 1.807) is 6.08 Å². The number of aromatic nitrogens is 1. The van der Waals surface area contributed by atoms with E-state index in [1.165, 1.54) is 25.3 Å². The summed E-state index contributed by atoms with van der Waals surface area (Å²) in [4.78, 5) is 26.1. The van der Waals surface area contributed by atoms with Crippen molar-refractivity contribution in [2.75, 3.05) is 13.7 Å². The first-order valence-electron chi connectivity index (χ1n) is 7.90. The number of rotatable bonds is 8. The number of hydrogen-bond acceptors (Lipinski definition) is 6. The predicted molar refractivity (Wildman–Crippen MR) is 95.7 cm³/mol. The second-order valence-corrected chi connectivity index (χ2v) is 5.19. The van der Waals surface area contributed by atoms with Crippen LogP contribution in [0, 0.1) is 10.1 Å². The Labute approximate surface area is 150 Å². The van der Waals surface area contributed by atoms with Crippen LogP contribution in [0.4, 0.5) is 10.5 Å². The standard InChI is InChI=1S/C18H19N3O5/c1-25-17-11-10-16(21(23)24)15(20-17)9-5-6-12-19-18(22)26-13-14-7-3-2-4-8-14/h2-5,7-11H,6,12-13H2,1H3,(H,19,22). The van der Waals surface area contributed by atoms with E-state index >= 15 is 0 Å². The fraction of sp³-hybridized carbons (Fsp3) is 0.222. The van der Waals surface area contributed by atoms with Gasteiger partial charge in [0, 0.05) is 18.7 Å². The number of carbonyl (C=O) groups is 1. The summed E-state index contributed by atoms with van der Waals surface area (Å²) in [6.07, 6.45) is 3.16. The van der Waals surface area contributed by atoms with Gasteiger partial charge in [-0.3, -0.25) is 10.1 Å². The molecule has 2 aromatic rings. The number of alkyl carbamates (subject to hydrolysis) is 1. The van der Waals surface area contributed by atoms with Gasteiger partial charge in [0.1, 0.15) is 12.3 Å². The predicted octanol–water partition coefficient (Wildman–Crippen LogP) is 3.33. The Hall–Kier alpha value is -3.42. The SMILES string of the molecule is COc1ccc([N+](=O)[O-])c(C=CCCNC(=O)OCc2ccccc2)n1. The molecule has 1 aromatic carbocycles. The first kappa shape index (κ1) is 18.9. The average Bonchev–Trinajstić information content (AvgIpc) is 2.66.